The topological polar surface area (TPSA) is 42.9 Å². The normalized spacial score (nSPS) is 21.8. The zero-order valence-corrected chi connectivity index (χ0v) is 17.0. The lowest BCUT2D eigenvalue weighted by Gasteiger charge is -2.33. The number of methoxy groups -OCH3 is 1. The molecule has 1 fully saturated rings. The van der Waals surface area contributed by atoms with Crippen LogP contribution in [0.4, 0.5) is 0 Å². The van der Waals surface area contributed by atoms with Crippen LogP contribution in [-0.4, -0.2) is 33.0 Å². The van der Waals surface area contributed by atoms with Crippen molar-refractivity contribution < 1.29 is 9.47 Å². The van der Waals surface area contributed by atoms with Gasteiger partial charge in [0.15, 0.2) is 0 Å². The summed E-state index contributed by atoms with van der Waals surface area (Å²) in [7, 11) is 1.69. The third-order valence-corrected chi connectivity index (χ3v) is 5.26. The average molecular weight is 371 g/mol. The van der Waals surface area contributed by atoms with E-state index in [1.54, 1.807) is 13.3 Å². The maximum absolute atomic E-state index is 6.24. The molecule has 1 aromatic rings. The lowest BCUT2D eigenvalue weighted by Crippen LogP contribution is -2.33. The van der Waals surface area contributed by atoms with Gasteiger partial charge >= 0.3 is 0 Å². The first-order valence-corrected chi connectivity index (χ1v) is 9.92. The summed E-state index contributed by atoms with van der Waals surface area (Å²) >= 11 is 0. The summed E-state index contributed by atoms with van der Waals surface area (Å²) in [4.78, 5) is 3.71. The fraction of sp³-hybridized carbons (Fsp3) is 0.522. The molecule has 1 unspecified atom stereocenters. The molecule has 0 saturated heterocycles. The van der Waals surface area contributed by atoms with Crippen molar-refractivity contribution in [1.29, 1.82) is 0 Å². The van der Waals surface area contributed by atoms with Crippen LogP contribution >= 0.6 is 0 Å². The second kappa shape index (κ2) is 11.6. The van der Waals surface area contributed by atoms with Crippen molar-refractivity contribution in [1.82, 2.24) is 5.32 Å². The molecule has 0 aromatic heterocycles. The van der Waals surface area contributed by atoms with Crippen LogP contribution in [0.1, 0.15) is 39.5 Å². The molecule has 0 spiro atoms. The smallest absolute Gasteiger partial charge is 0.123 e. The predicted molar refractivity (Wildman–Crippen MR) is 114 cm³/mol. The van der Waals surface area contributed by atoms with Gasteiger partial charge < -0.3 is 14.8 Å². The van der Waals surface area contributed by atoms with Crippen LogP contribution in [0, 0.1) is 11.8 Å². The van der Waals surface area contributed by atoms with E-state index in [0.717, 1.165) is 37.4 Å². The van der Waals surface area contributed by atoms with E-state index in [-0.39, 0.29) is 0 Å². The molecule has 0 amide bonds. The van der Waals surface area contributed by atoms with Crippen molar-refractivity contribution in [2.75, 3.05) is 20.2 Å². The second-order valence-electron chi connectivity index (χ2n) is 7.49. The van der Waals surface area contributed by atoms with Gasteiger partial charge in [-0.1, -0.05) is 24.6 Å². The Bertz CT molecular complexity index is 639. The third-order valence-electron chi connectivity index (χ3n) is 5.26. The van der Waals surface area contributed by atoms with E-state index in [4.69, 9.17) is 9.47 Å². The summed E-state index contributed by atoms with van der Waals surface area (Å²) in [6.07, 6.45) is 10.8. The van der Waals surface area contributed by atoms with Crippen LogP contribution in [0.15, 0.2) is 53.2 Å². The number of allylic oxidation sites excluding steroid dienone is 2. The monoisotopic (exact) mass is 370 g/mol. The first-order valence-electron chi connectivity index (χ1n) is 9.92. The Morgan fingerprint density at radius 1 is 1.37 bits per heavy atom. The largest absolute Gasteiger partial charge is 0.497 e. The number of aliphatic imine (C=N–C) groups is 1. The van der Waals surface area contributed by atoms with Crippen LogP contribution in [0.25, 0.3) is 0 Å². The van der Waals surface area contributed by atoms with Gasteiger partial charge in [0.1, 0.15) is 11.5 Å². The Balaban J connectivity index is 1.78. The minimum atomic E-state index is 0.302. The van der Waals surface area contributed by atoms with E-state index in [1.165, 1.54) is 18.4 Å². The number of ether oxygens (including phenoxy) is 2. The lowest BCUT2D eigenvalue weighted by molar-refractivity contribution is 0.102. The van der Waals surface area contributed by atoms with Gasteiger partial charge in [0.2, 0.25) is 0 Å². The molecule has 3 atom stereocenters. The molecule has 4 heteroatoms. The van der Waals surface area contributed by atoms with Gasteiger partial charge in [-0.3, -0.25) is 4.99 Å². The molecule has 1 N–H and O–H groups in total. The second-order valence-corrected chi connectivity index (χ2v) is 7.49. The quantitative estimate of drug-likeness (QED) is 0.464. The summed E-state index contributed by atoms with van der Waals surface area (Å²) in [6.45, 7) is 9.86. The van der Waals surface area contributed by atoms with Gasteiger partial charge in [-0.15, -0.1) is 0 Å². The maximum Gasteiger partial charge on any atom is 0.123 e. The Morgan fingerprint density at radius 3 is 2.96 bits per heavy atom. The Kier molecular flexibility index (Phi) is 9.12. The van der Waals surface area contributed by atoms with E-state index in [0.29, 0.717) is 17.9 Å². The molecule has 0 bridgehead atoms. The third kappa shape index (κ3) is 7.59. The highest BCUT2D eigenvalue weighted by Crippen LogP contribution is 2.33. The van der Waals surface area contributed by atoms with Crippen molar-refractivity contribution in [3.8, 4) is 11.5 Å². The van der Waals surface area contributed by atoms with Crippen molar-refractivity contribution >= 4 is 6.72 Å². The van der Waals surface area contributed by atoms with E-state index in [9.17, 15) is 0 Å². The first kappa shape index (κ1) is 21.2. The lowest BCUT2D eigenvalue weighted by atomic mass is 9.79. The van der Waals surface area contributed by atoms with E-state index in [1.807, 2.05) is 30.3 Å². The Morgan fingerprint density at radius 2 is 2.19 bits per heavy atom. The zero-order chi connectivity index (χ0) is 19.5. The van der Waals surface area contributed by atoms with Crippen molar-refractivity contribution in [2.45, 2.75) is 45.6 Å². The highest BCUT2D eigenvalue weighted by atomic mass is 16.5. The van der Waals surface area contributed by atoms with E-state index in [2.05, 4.69) is 37.0 Å². The zero-order valence-electron chi connectivity index (χ0n) is 17.0. The molecule has 0 heterocycles. The van der Waals surface area contributed by atoms with Gasteiger partial charge in [0, 0.05) is 18.8 Å². The number of nitrogens with zero attached hydrogens (tertiary/aromatic N) is 1. The van der Waals surface area contributed by atoms with Crippen molar-refractivity contribution in [3.63, 3.8) is 0 Å². The van der Waals surface area contributed by atoms with Crippen molar-refractivity contribution in [3.05, 3.63) is 48.2 Å². The van der Waals surface area contributed by atoms with E-state index >= 15 is 0 Å². The molecule has 4 nitrogen and oxygen atoms in total. The maximum atomic E-state index is 6.24. The molecule has 148 valence electrons. The SMILES string of the molecule is C=N/C=C\C=C(/C)CNCC(C)[C@H]1CCC[C@@H](Oc2cccc(OC)c2)C1. The number of hydrogen-bond acceptors (Lipinski definition) is 4. The molecular weight excluding hydrogens is 336 g/mol. The average Bonchev–Trinajstić information content (AvgIpc) is 2.68. The highest BCUT2D eigenvalue weighted by Gasteiger charge is 2.27. The molecule has 2 rings (SSSR count). The van der Waals surface area contributed by atoms with Crippen LogP contribution in [-0.2, 0) is 0 Å². The van der Waals surface area contributed by atoms with Gasteiger partial charge in [-0.25, -0.2) is 0 Å². The summed E-state index contributed by atoms with van der Waals surface area (Å²) in [5.41, 5.74) is 1.30. The molecular formula is C23H34N2O2. The number of hydrogen-bond donors (Lipinski definition) is 1. The van der Waals surface area contributed by atoms with Crippen molar-refractivity contribution in [2.24, 2.45) is 16.8 Å². The van der Waals surface area contributed by atoms with Gasteiger partial charge in [0.25, 0.3) is 0 Å². The summed E-state index contributed by atoms with van der Waals surface area (Å²) in [5.74, 6) is 3.10. The molecule has 1 saturated carbocycles. The standard InChI is InChI=1S/C23H34N2O2/c1-18(8-7-13-24-3)16-25-17-19(2)20-9-5-11-22(14-20)27-23-12-6-10-21(15-23)26-4/h6-8,10,12-13,15,19-20,22,25H,3,5,9,11,14,16-17H2,1-2,4H3/b13-7-,18-8+/t19?,20-,22+/m0/s1. The van der Waals surface area contributed by atoms with Crippen LogP contribution in [0.3, 0.4) is 0 Å². The number of rotatable bonds is 10. The van der Waals surface area contributed by atoms with Gasteiger partial charge in [0.05, 0.1) is 13.2 Å². The summed E-state index contributed by atoms with van der Waals surface area (Å²) in [6, 6.07) is 7.92. The first-order chi connectivity index (χ1) is 13.1. The Labute approximate surface area is 164 Å². The molecule has 1 aromatic carbocycles. The molecule has 0 aliphatic heterocycles. The minimum Gasteiger partial charge on any atom is -0.497 e. The molecule has 27 heavy (non-hydrogen) atoms. The molecule has 1 aliphatic carbocycles. The fourth-order valence-electron chi connectivity index (χ4n) is 3.66. The van der Waals surface area contributed by atoms with Gasteiger partial charge in [-0.05, 0) is 75.9 Å². The minimum absolute atomic E-state index is 0.302. The summed E-state index contributed by atoms with van der Waals surface area (Å²) < 4.78 is 11.5. The fourth-order valence-corrected chi connectivity index (χ4v) is 3.66. The Hall–Kier alpha value is -2.07. The number of benzene rings is 1. The number of nitrogens with one attached hydrogen (secondary N) is 1. The van der Waals surface area contributed by atoms with Gasteiger partial charge in [-0.2, -0.15) is 0 Å². The van der Waals surface area contributed by atoms with Crippen LogP contribution in [0.5, 0.6) is 11.5 Å². The molecule has 1 aliphatic rings. The molecule has 0 radical (unpaired) electrons. The predicted octanol–water partition coefficient (Wildman–Crippen LogP) is 5.02. The van der Waals surface area contributed by atoms with Crippen LogP contribution < -0.4 is 14.8 Å². The summed E-state index contributed by atoms with van der Waals surface area (Å²) in [5, 5.41) is 3.58. The highest BCUT2D eigenvalue weighted by molar-refractivity contribution is 5.33. The van der Waals surface area contributed by atoms with E-state index < -0.39 is 0 Å². The van der Waals surface area contributed by atoms with Crippen LogP contribution in [0.2, 0.25) is 0 Å².